The van der Waals surface area contributed by atoms with Gasteiger partial charge in [0.25, 0.3) is 0 Å². The van der Waals surface area contributed by atoms with E-state index in [1.165, 1.54) is 5.56 Å². The summed E-state index contributed by atoms with van der Waals surface area (Å²) < 4.78 is 13.2. The van der Waals surface area contributed by atoms with Crippen molar-refractivity contribution in [1.29, 1.82) is 0 Å². The molecule has 3 aromatic rings. The fourth-order valence-electron chi connectivity index (χ4n) is 3.34. The molecule has 3 rings (SSSR count). The third-order valence-electron chi connectivity index (χ3n) is 5.14. The van der Waals surface area contributed by atoms with E-state index in [-0.39, 0.29) is 0 Å². The van der Waals surface area contributed by atoms with Crippen molar-refractivity contribution in [1.82, 2.24) is 20.2 Å². The van der Waals surface area contributed by atoms with Gasteiger partial charge >= 0.3 is 0 Å². The molecule has 0 saturated heterocycles. The molecule has 0 aliphatic heterocycles. The van der Waals surface area contributed by atoms with Gasteiger partial charge in [0, 0.05) is 45.2 Å². The number of imidazole rings is 1. The lowest BCUT2D eigenvalue weighted by atomic mass is 10.1. The minimum absolute atomic E-state index is 0.519. The van der Waals surface area contributed by atoms with Crippen LogP contribution >= 0.6 is 0 Å². The topological polar surface area (TPSA) is 72.7 Å². The molecule has 170 valence electrons. The highest BCUT2D eigenvalue weighted by atomic mass is 16.5. The van der Waals surface area contributed by atoms with E-state index < -0.39 is 0 Å². The summed E-state index contributed by atoms with van der Waals surface area (Å²) >= 11 is 0. The molecule has 1 heterocycles. The first-order valence-electron chi connectivity index (χ1n) is 10.9. The van der Waals surface area contributed by atoms with Gasteiger partial charge < -0.3 is 24.7 Å². The van der Waals surface area contributed by atoms with Crippen molar-refractivity contribution in [2.75, 3.05) is 27.4 Å². The Hall–Kier alpha value is -3.32. The highest BCUT2D eigenvalue weighted by Crippen LogP contribution is 2.20. The van der Waals surface area contributed by atoms with Crippen LogP contribution in [0.4, 0.5) is 0 Å². The van der Waals surface area contributed by atoms with E-state index in [1.807, 2.05) is 24.5 Å². The molecule has 7 heteroatoms. The molecule has 32 heavy (non-hydrogen) atoms. The van der Waals surface area contributed by atoms with E-state index in [2.05, 4.69) is 68.5 Å². The Bertz CT molecular complexity index is 985. The smallest absolute Gasteiger partial charge is 0.191 e. The van der Waals surface area contributed by atoms with Gasteiger partial charge in [0.15, 0.2) is 5.96 Å². The van der Waals surface area contributed by atoms with Crippen LogP contribution in [0, 0.1) is 6.92 Å². The number of aromatic nitrogens is 2. The third-order valence-corrected chi connectivity index (χ3v) is 5.14. The zero-order valence-electron chi connectivity index (χ0n) is 19.2. The maximum absolute atomic E-state index is 5.88. The van der Waals surface area contributed by atoms with E-state index in [4.69, 9.17) is 9.47 Å². The number of hydrogen-bond donors (Lipinski definition) is 2. The highest BCUT2D eigenvalue weighted by Gasteiger charge is 2.08. The quantitative estimate of drug-likeness (QED) is 0.275. The van der Waals surface area contributed by atoms with Gasteiger partial charge in [-0.25, -0.2) is 4.98 Å². The average Bonchev–Trinajstić information content (AvgIpc) is 3.27. The second-order valence-corrected chi connectivity index (χ2v) is 7.50. The van der Waals surface area contributed by atoms with Crippen LogP contribution in [-0.2, 0) is 30.8 Å². The molecule has 0 aliphatic rings. The number of nitrogens with one attached hydrogen (secondary N) is 2. The minimum Gasteiger partial charge on any atom is -0.491 e. The van der Waals surface area contributed by atoms with Crippen molar-refractivity contribution in [2.24, 2.45) is 4.99 Å². The van der Waals surface area contributed by atoms with E-state index in [0.29, 0.717) is 32.3 Å². The first-order valence-corrected chi connectivity index (χ1v) is 10.9. The number of methoxy groups -OCH3 is 1. The van der Waals surface area contributed by atoms with Gasteiger partial charge in [-0.1, -0.05) is 42.5 Å². The molecule has 0 atom stereocenters. The monoisotopic (exact) mass is 435 g/mol. The van der Waals surface area contributed by atoms with Crippen LogP contribution in [0.1, 0.15) is 22.5 Å². The lowest BCUT2D eigenvalue weighted by Crippen LogP contribution is -2.37. The average molecular weight is 436 g/mol. The van der Waals surface area contributed by atoms with Crippen molar-refractivity contribution in [3.63, 3.8) is 0 Å². The van der Waals surface area contributed by atoms with Gasteiger partial charge in [-0.05, 0) is 30.5 Å². The summed E-state index contributed by atoms with van der Waals surface area (Å²) in [6, 6.07) is 16.7. The van der Waals surface area contributed by atoms with Gasteiger partial charge in [0.2, 0.25) is 0 Å². The van der Waals surface area contributed by atoms with E-state index >= 15 is 0 Å². The van der Waals surface area contributed by atoms with E-state index in [9.17, 15) is 0 Å². The molecule has 0 radical (unpaired) electrons. The van der Waals surface area contributed by atoms with Gasteiger partial charge in [0.05, 0.1) is 13.2 Å². The molecule has 0 amide bonds. The molecule has 0 saturated carbocycles. The zero-order valence-corrected chi connectivity index (χ0v) is 19.2. The number of ether oxygens (including phenoxy) is 2. The van der Waals surface area contributed by atoms with Crippen LogP contribution in [0.5, 0.6) is 5.75 Å². The van der Waals surface area contributed by atoms with Gasteiger partial charge in [-0.15, -0.1) is 0 Å². The van der Waals surface area contributed by atoms with Crippen LogP contribution in [0.2, 0.25) is 0 Å². The second kappa shape index (κ2) is 12.5. The van der Waals surface area contributed by atoms with Crippen molar-refractivity contribution in [2.45, 2.75) is 33.0 Å². The van der Waals surface area contributed by atoms with Crippen LogP contribution in [-0.4, -0.2) is 42.9 Å². The summed E-state index contributed by atoms with van der Waals surface area (Å²) in [5.41, 5.74) is 3.55. The SMILES string of the molecule is CN=C(NCc1ccc(C)cc1OCCOC)NCc1nccn1CCc1ccccc1. The van der Waals surface area contributed by atoms with Crippen LogP contribution in [0.25, 0.3) is 0 Å². The Balaban J connectivity index is 1.52. The van der Waals surface area contributed by atoms with Crippen molar-refractivity contribution in [3.8, 4) is 5.75 Å². The van der Waals surface area contributed by atoms with Crippen LogP contribution in [0.15, 0.2) is 65.9 Å². The fourth-order valence-corrected chi connectivity index (χ4v) is 3.34. The number of aryl methyl sites for hydroxylation is 3. The summed E-state index contributed by atoms with van der Waals surface area (Å²) in [5.74, 6) is 2.55. The molecule has 0 unspecified atom stereocenters. The molecule has 7 nitrogen and oxygen atoms in total. The lowest BCUT2D eigenvalue weighted by Gasteiger charge is -2.16. The standard InChI is InChI=1S/C25H33N5O2/c1-20-9-10-22(23(17-20)32-16-15-31-3)18-28-25(26-2)29-19-24-27-12-14-30(24)13-11-21-7-5-4-6-8-21/h4-10,12,14,17H,11,13,15-16,18-19H2,1-3H3,(H2,26,28,29). The van der Waals surface area contributed by atoms with Gasteiger partial charge in [-0.2, -0.15) is 0 Å². The third kappa shape index (κ3) is 7.13. The summed E-state index contributed by atoms with van der Waals surface area (Å²) in [6.45, 7) is 5.21. The van der Waals surface area contributed by atoms with Crippen molar-refractivity contribution >= 4 is 5.96 Å². The van der Waals surface area contributed by atoms with Gasteiger partial charge in [0.1, 0.15) is 18.2 Å². The number of aliphatic imine (C=N–C) groups is 1. The summed E-state index contributed by atoms with van der Waals surface area (Å²) in [5, 5.41) is 6.72. The van der Waals surface area contributed by atoms with Crippen molar-refractivity contribution in [3.05, 3.63) is 83.4 Å². The van der Waals surface area contributed by atoms with E-state index in [1.54, 1.807) is 14.2 Å². The van der Waals surface area contributed by atoms with Crippen LogP contribution < -0.4 is 15.4 Å². The Morgan fingerprint density at radius 2 is 1.88 bits per heavy atom. The predicted octanol–water partition coefficient (Wildman–Crippen LogP) is 3.32. The largest absolute Gasteiger partial charge is 0.491 e. The second-order valence-electron chi connectivity index (χ2n) is 7.50. The normalized spacial score (nSPS) is 11.4. The minimum atomic E-state index is 0.519. The first kappa shape index (κ1) is 23.3. The number of rotatable bonds is 11. The summed E-state index contributed by atoms with van der Waals surface area (Å²) in [4.78, 5) is 8.85. The number of benzene rings is 2. The number of guanidine groups is 1. The fraction of sp³-hybridized carbons (Fsp3) is 0.360. The Morgan fingerprint density at radius 1 is 1.06 bits per heavy atom. The number of nitrogens with zero attached hydrogens (tertiary/aromatic N) is 3. The molecule has 1 aromatic heterocycles. The molecule has 0 aliphatic carbocycles. The molecule has 0 spiro atoms. The maximum atomic E-state index is 5.88. The summed E-state index contributed by atoms with van der Waals surface area (Å²) in [7, 11) is 3.44. The van der Waals surface area contributed by atoms with Gasteiger partial charge in [-0.3, -0.25) is 4.99 Å². The maximum Gasteiger partial charge on any atom is 0.191 e. The first-order chi connectivity index (χ1) is 15.7. The van der Waals surface area contributed by atoms with E-state index in [0.717, 1.165) is 35.7 Å². The molecule has 2 aromatic carbocycles. The molecular formula is C25H33N5O2. The Kier molecular flexibility index (Phi) is 9.13. The highest BCUT2D eigenvalue weighted by molar-refractivity contribution is 5.79. The molecule has 0 fully saturated rings. The Labute approximate surface area is 190 Å². The Morgan fingerprint density at radius 3 is 2.66 bits per heavy atom. The zero-order chi connectivity index (χ0) is 22.6. The number of hydrogen-bond acceptors (Lipinski definition) is 4. The predicted molar refractivity (Wildman–Crippen MR) is 128 cm³/mol. The summed E-state index contributed by atoms with van der Waals surface area (Å²) in [6.07, 6.45) is 4.83. The van der Waals surface area contributed by atoms with Crippen LogP contribution in [0.3, 0.4) is 0 Å². The molecule has 2 N–H and O–H groups in total. The molecular weight excluding hydrogens is 402 g/mol. The molecule has 0 bridgehead atoms. The van der Waals surface area contributed by atoms with Crippen molar-refractivity contribution < 1.29 is 9.47 Å². The lowest BCUT2D eigenvalue weighted by molar-refractivity contribution is 0.145.